The van der Waals surface area contributed by atoms with Crippen molar-refractivity contribution in [1.82, 2.24) is 0 Å². The molecule has 86 valence electrons. The van der Waals surface area contributed by atoms with E-state index in [0.29, 0.717) is 12.2 Å². The van der Waals surface area contributed by atoms with Crippen LogP contribution in [0.4, 0.5) is 0 Å². The molecule has 0 aromatic heterocycles. The molecule has 1 aliphatic heterocycles. The molecule has 0 aromatic rings. The highest BCUT2D eigenvalue weighted by atomic mass is 32.2. The lowest BCUT2D eigenvalue weighted by atomic mass is 10.0. The summed E-state index contributed by atoms with van der Waals surface area (Å²) in [6.07, 6.45) is -0.0276. The van der Waals surface area contributed by atoms with Gasteiger partial charge in [-0.15, -0.1) is 11.8 Å². The molecule has 4 nitrogen and oxygen atoms in total. The Hall–Kier alpha value is -0.550. The molecule has 0 saturated heterocycles. The maximum atomic E-state index is 10.8. The Labute approximate surface area is 93.8 Å². The van der Waals surface area contributed by atoms with E-state index in [1.807, 2.05) is 13.8 Å². The highest BCUT2D eigenvalue weighted by molar-refractivity contribution is 8.01. The van der Waals surface area contributed by atoms with Gasteiger partial charge in [-0.25, -0.2) is 4.79 Å². The first-order valence-corrected chi connectivity index (χ1v) is 5.93. The Balaban J connectivity index is 2.87. The lowest BCUT2D eigenvalue weighted by molar-refractivity contribution is -0.137. The van der Waals surface area contributed by atoms with Crippen molar-refractivity contribution in [3.05, 3.63) is 0 Å². The van der Waals surface area contributed by atoms with E-state index in [-0.39, 0.29) is 4.75 Å². The molecule has 2 N–H and O–H groups in total. The maximum absolute atomic E-state index is 10.8. The van der Waals surface area contributed by atoms with E-state index in [4.69, 9.17) is 5.11 Å². The minimum absolute atomic E-state index is 0.164. The highest BCUT2D eigenvalue weighted by Gasteiger charge is 2.34. The zero-order chi connectivity index (χ0) is 11.6. The van der Waals surface area contributed by atoms with E-state index in [1.54, 1.807) is 18.7 Å². The molecule has 0 bridgehead atoms. The van der Waals surface area contributed by atoms with Crippen LogP contribution >= 0.6 is 11.8 Å². The number of carboxylic acid groups (broad SMARTS) is 1. The molecule has 0 fully saturated rings. The van der Waals surface area contributed by atoms with Crippen molar-refractivity contribution in [2.24, 2.45) is 4.99 Å². The van der Waals surface area contributed by atoms with E-state index < -0.39 is 18.1 Å². The molecule has 0 spiro atoms. The highest BCUT2D eigenvalue weighted by Crippen LogP contribution is 2.33. The van der Waals surface area contributed by atoms with Gasteiger partial charge in [0, 0.05) is 22.6 Å². The molecule has 0 saturated carbocycles. The van der Waals surface area contributed by atoms with Crippen molar-refractivity contribution >= 4 is 23.4 Å². The lowest BCUT2D eigenvalue weighted by Crippen LogP contribution is -2.39. The van der Waals surface area contributed by atoms with E-state index in [9.17, 15) is 9.90 Å². The van der Waals surface area contributed by atoms with Gasteiger partial charge in [-0.05, 0) is 20.8 Å². The van der Waals surface area contributed by atoms with Crippen LogP contribution in [0.5, 0.6) is 0 Å². The number of aliphatic carboxylic acids is 1. The molecule has 2 atom stereocenters. The van der Waals surface area contributed by atoms with Gasteiger partial charge in [-0.3, -0.25) is 4.99 Å². The van der Waals surface area contributed by atoms with Crippen LogP contribution in [0.15, 0.2) is 4.99 Å². The Morgan fingerprint density at radius 3 is 2.80 bits per heavy atom. The fourth-order valence-electron chi connectivity index (χ4n) is 1.46. The number of hydrogen-bond acceptors (Lipinski definition) is 4. The number of aliphatic hydroxyl groups excluding tert-OH is 1. The van der Waals surface area contributed by atoms with E-state index in [2.05, 4.69) is 4.99 Å². The number of nitrogens with zero attached hydrogens (tertiary/aromatic N) is 1. The molecular weight excluding hydrogens is 214 g/mol. The number of carboxylic acids is 1. The summed E-state index contributed by atoms with van der Waals surface area (Å²) in [5.74, 6) is -0.382. The van der Waals surface area contributed by atoms with Gasteiger partial charge >= 0.3 is 5.97 Å². The largest absolute Gasteiger partial charge is 0.480 e. The average Bonchev–Trinajstić information content (AvgIpc) is 2.07. The monoisotopic (exact) mass is 231 g/mol. The fourth-order valence-corrected chi connectivity index (χ4v) is 2.55. The Morgan fingerprint density at radius 2 is 2.33 bits per heavy atom. The standard InChI is InChI=1S/C10H17NO3S/c1-6(12)4-8-10(2,3)15-5-7(11-8)9(13)14/h6-7,12H,4-5H2,1-3H3,(H,13,14)/t6-,7+/m0/s1. The summed E-state index contributed by atoms with van der Waals surface area (Å²) in [4.78, 5) is 15.0. The molecule has 1 rings (SSSR count). The van der Waals surface area contributed by atoms with E-state index >= 15 is 0 Å². The van der Waals surface area contributed by atoms with Gasteiger partial charge < -0.3 is 10.2 Å². The summed E-state index contributed by atoms with van der Waals surface area (Å²) in [6.45, 7) is 5.71. The maximum Gasteiger partial charge on any atom is 0.329 e. The van der Waals surface area contributed by atoms with E-state index in [0.717, 1.165) is 5.71 Å². The quantitative estimate of drug-likeness (QED) is 0.765. The predicted molar refractivity (Wildman–Crippen MR) is 61.7 cm³/mol. The van der Waals surface area contributed by atoms with Crippen molar-refractivity contribution in [2.75, 3.05) is 5.75 Å². The van der Waals surface area contributed by atoms with Crippen LogP contribution in [0.2, 0.25) is 0 Å². The number of hydrogen-bond donors (Lipinski definition) is 2. The molecule has 0 aliphatic carbocycles. The first-order valence-electron chi connectivity index (χ1n) is 4.95. The normalized spacial score (nSPS) is 26.9. The Kier molecular flexibility index (Phi) is 3.78. The SMILES string of the molecule is C[C@H](O)CC1=N[C@@H](C(=O)O)CSC1(C)C. The van der Waals surface area contributed by atoms with Crippen LogP contribution in [-0.2, 0) is 4.79 Å². The lowest BCUT2D eigenvalue weighted by Gasteiger charge is -2.32. The number of rotatable bonds is 3. The fraction of sp³-hybridized carbons (Fsp3) is 0.800. The summed E-state index contributed by atoms with van der Waals surface area (Å²) in [7, 11) is 0. The van der Waals surface area contributed by atoms with Crippen molar-refractivity contribution < 1.29 is 15.0 Å². The zero-order valence-corrected chi connectivity index (χ0v) is 10.0. The van der Waals surface area contributed by atoms with Crippen LogP contribution in [0.3, 0.4) is 0 Å². The van der Waals surface area contributed by atoms with Crippen LogP contribution in [-0.4, -0.2) is 44.5 Å². The Morgan fingerprint density at radius 1 is 1.73 bits per heavy atom. The second-order valence-corrected chi connectivity index (χ2v) is 5.95. The molecule has 1 aliphatic rings. The van der Waals surface area contributed by atoms with Crippen molar-refractivity contribution in [3.8, 4) is 0 Å². The minimum Gasteiger partial charge on any atom is -0.480 e. The van der Waals surface area contributed by atoms with Gasteiger partial charge in [0.1, 0.15) is 0 Å². The second-order valence-electron chi connectivity index (χ2n) is 4.30. The molecular formula is C10H17NO3S. The third kappa shape index (κ3) is 3.21. The molecule has 15 heavy (non-hydrogen) atoms. The van der Waals surface area contributed by atoms with Gasteiger partial charge in [0.25, 0.3) is 0 Å². The summed E-state index contributed by atoms with van der Waals surface area (Å²) in [5.41, 5.74) is 0.793. The number of thioether (sulfide) groups is 1. The molecule has 5 heteroatoms. The van der Waals surface area contributed by atoms with Crippen molar-refractivity contribution in [3.63, 3.8) is 0 Å². The van der Waals surface area contributed by atoms with Crippen molar-refractivity contribution in [2.45, 2.75) is 44.1 Å². The molecule has 0 amide bonds. The smallest absolute Gasteiger partial charge is 0.329 e. The Bertz CT molecular complexity index is 286. The first kappa shape index (κ1) is 12.5. The summed E-state index contributed by atoms with van der Waals surface area (Å²) >= 11 is 1.58. The number of aliphatic imine (C=N–C) groups is 1. The van der Waals surface area contributed by atoms with Gasteiger partial charge in [0.2, 0.25) is 0 Å². The third-order valence-corrected chi connectivity index (χ3v) is 3.82. The summed E-state index contributed by atoms with van der Waals surface area (Å²) in [5, 5.41) is 18.2. The van der Waals surface area contributed by atoms with Gasteiger partial charge in [0.05, 0.1) is 6.10 Å². The topological polar surface area (TPSA) is 69.9 Å². The van der Waals surface area contributed by atoms with Crippen LogP contribution in [0, 0.1) is 0 Å². The molecule has 0 aromatic carbocycles. The molecule has 0 radical (unpaired) electrons. The van der Waals surface area contributed by atoms with Crippen LogP contribution in [0.1, 0.15) is 27.2 Å². The zero-order valence-electron chi connectivity index (χ0n) is 9.23. The molecule has 1 heterocycles. The third-order valence-electron chi connectivity index (χ3n) is 2.38. The number of aliphatic hydroxyl groups is 1. The average molecular weight is 231 g/mol. The first-order chi connectivity index (χ1) is 6.83. The summed E-state index contributed by atoms with van der Waals surface area (Å²) in [6, 6.07) is -0.656. The minimum atomic E-state index is -0.888. The van der Waals surface area contributed by atoms with Gasteiger partial charge in [-0.1, -0.05) is 0 Å². The summed E-state index contributed by atoms with van der Waals surface area (Å²) < 4.78 is -0.164. The van der Waals surface area contributed by atoms with Crippen molar-refractivity contribution in [1.29, 1.82) is 0 Å². The molecule has 0 unspecified atom stereocenters. The second kappa shape index (κ2) is 4.53. The number of carbonyl (C=O) groups is 1. The van der Waals surface area contributed by atoms with Gasteiger partial charge in [0.15, 0.2) is 6.04 Å². The van der Waals surface area contributed by atoms with Crippen LogP contribution in [0.25, 0.3) is 0 Å². The predicted octanol–water partition coefficient (Wildman–Crippen LogP) is 1.18. The van der Waals surface area contributed by atoms with E-state index in [1.165, 1.54) is 0 Å². The van der Waals surface area contributed by atoms with Crippen LogP contribution < -0.4 is 0 Å². The van der Waals surface area contributed by atoms with Gasteiger partial charge in [-0.2, -0.15) is 0 Å².